The Morgan fingerprint density at radius 1 is 1.05 bits per heavy atom. The topological polar surface area (TPSA) is 110 Å². The number of ether oxygens (including phenoxy) is 2. The molecule has 186 valence electrons. The maximum absolute atomic E-state index is 13.4. The number of nitrogens with zero attached hydrogens (tertiary/aromatic N) is 2. The van der Waals surface area contributed by atoms with Crippen molar-refractivity contribution in [3.05, 3.63) is 94.1 Å². The van der Waals surface area contributed by atoms with Gasteiger partial charge < -0.3 is 14.8 Å². The molecule has 0 atom stereocenters. The normalized spacial score (nSPS) is 10.5. The van der Waals surface area contributed by atoms with Crippen LogP contribution in [0.25, 0.3) is 10.9 Å². The molecule has 0 fully saturated rings. The first-order chi connectivity index (χ1) is 17.8. The molecule has 1 amide bonds. The molecule has 1 aromatic heterocycles. The number of nitrogens with one attached hydrogen (secondary N) is 1. The monoisotopic (exact) mass is 515 g/mol. The van der Waals surface area contributed by atoms with Crippen LogP contribution in [0, 0.1) is 18.3 Å². The quantitative estimate of drug-likeness (QED) is 0.351. The Kier molecular flexibility index (Phi) is 7.56. The fourth-order valence-electron chi connectivity index (χ4n) is 4.00. The summed E-state index contributed by atoms with van der Waals surface area (Å²) in [4.78, 5) is 38.4. The summed E-state index contributed by atoms with van der Waals surface area (Å²) >= 11 is 5.97. The van der Waals surface area contributed by atoms with Crippen molar-refractivity contribution in [3.8, 4) is 11.8 Å². The molecule has 0 aliphatic carbocycles. The van der Waals surface area contributed by atoms with Crippen molar-refractivity contribution in [2.45, 2.75) is 13.3 Å². The van der Waals surface area contributed by atoms with Crippen molar-refractivity contribution < 1.29 is 23.9 Å². The molecule has 9 heteroatoms. The van der Waals surface area contributed by atoms with Crippen LogP contribution in [-0.4, -0.2) is 36.1 Å². The molecular formula is C28H22ClN3O5. The zero-order valence-corrected chi connectivity index (χ0v) is 20.8. The van der Waals surface area contributed by atoms with Gasteiger partial charge in [-0.15, -0.1) is 0 Å². The maximum atomic E-state index is 13.4. The molecule has 0 spiro atoms. The number of amides is 1. The zero-order valence-electron chi connectivity index (χ0n) is 20.1. The van der Waals surface area contributed by atoms with Gasteiger partial charge in [-0.2, -0.15) is 5.26 Å². The van der Waals surface area contributed by atoms with Gasteiger partial charge in [-0.05, 0) is 73.2 Å². The average molecular weight is 516 g/mol. The van der Waals surface area contributed by atoms with E-state index in [-0.39, 0.29) is 12.3 Å². The molecule has 4 aromatic rings. The summed E-state index contributed by atoms with van der Waals surface area (Å²) < 4.78 is 12.1. The molecule has 0 saturated carbocycles. The summed E-state index contributed by atoms with van der Waals surface area (Å²) in [5.41, 5.74) is 3.01. The number of aromatic nitrogens is 1. The number of halogens is 1. The van der Waals surface area contributed by atoms with Crippen molar-refractivity contribution in [3.63, 3.8) is 0 Å². The standard InChI is InChI=1S/C28H22ClN3O5/c1-17-23(14-27(34)37-16-26(33)31-21-5-3-4-18(12-21)15-30)24-13-22(36-2)10-11-25(24)32(17)28(35)19-6-8-20(29)9-7-19/h3-13H,14,16H2,1-2H3,(H,31,33). The predicted molar refractivity (Wildman–Crippen MR) is 139 cm³/mol. The molecule has 8 nitrogen and oxygen atoms in total. The van der Waals surface area contributed by atoms with Crippen molar-refractivity contribution >= 4 is 46.0 Å². The van der Waals surface area contributed by atoms with Gasteiger partial charge in [0, 0.05) is 27.4 Å². The lowest BCUT2D eigenvalue weighted by atomic mass is 10.1. The molecule has 0 bridgehead atoms. The molecule has 0 radical (unpaired) electrons. The molecule has 1 heterocycles. The molecule has 0 saturated heterocycles. The highest BCUT2D eigenvalue weighted by Crippen LogP contribution is 2.31. The highest BCUT2D eigenvalue weighted by atomic mass is 35.5. The fourth-order valence-corrected chi connectivity index (χ4v) is 4.13. The third kappa shape index (κ3) is 5.63. The van der Waals surface area contributed by atoms with Gasteiger partial charge in [0.25, 0.3) is 11.8 Å². The number of benzene rings is 3. The molecule has 0 aliphatic heterocycles. The fraction of sp³-hybridized carbons (Fsp3) is 0.143. The lowest BCUT2D eigenvalue weighted by Crippen LogP contribution is -2.22. The molecule has 1 N–H and O–H groups in total. The number of methoxy groups -OCH3 is 1. The van der Waals surface area contributed by atoms with Gasteiger partial charge in [0.05, 0.1) is 30.7 Å². The predicted octanol–water partition coefficient (Wildman–Crippen LogP) is 4.90. The van der Waals surface area contributed by atoms with E-state index in [1.165, 1.54) is 17.7 Å². The number of anilines is 1. The van der Waals surface area contributed by atoms with E-state index in [0.29, 0.717) is 49.7 Å². The Hall–Kier alpha value is -4.61. The van der Waals surface area contributed by atoms with Gasteiger partial charge in [0.15, 0.2) is 6.61 Å². The second-order valence-electron chi connectivity index (χ2n) is 8.17. The van der Waals surface area contributed by atoms with Crippen LogP contribution in [0.15, 0.2) is 66.7 Å². The van der Waals surface area contributed by atoms with Crippen LogP contribution in [0.1, 0.15) is 27.2 Å². The van der Waals surface area contributed by atoms with Crippen molar-refractivity contribution in [1.82, 2.24) is 4.57 Å². The average Bonchev–Trinajstić information content (AvgIpc) is 3.17. The minimum absolute atomic E-state index is 0.159. The number of hydrogen-bond acceptors (Lipinski definition) is 6. The minimum Gasteiger partial charge on any atom is -0.497 e. The third-order valence-corrected chi connectivity index (χ3v) is 6.05. The first-order valence-corrected chi connectivity index (χ1v) is 11.6. The van der Waals surface area contributed by atoms with E-state index in [0.717, 1.165) is 0 Å². The van der Waals surface area contributed by atoms with Crippen LogP contribution in [0.4, 0.5) is 5.69 Å². The van der Waals surface area contributed by atoms with Crippen LogP contribution in [0.5, 0.6) is 5.75 Å². The van der Waals surface area contributed by atoms with E-state index in [1.807, 2.05) is 6.07 Å². The second-order valence-corrected chi connectivity index (χ2v) is 8.61. The van der Waals surface area contributed by atoms with Gasteiger partial charge in [-0.25, -0.2) is 0 Å². The van der Waals surface area contributed by atoms with Gasteiger partial charge in [0.1, 0.15) is 5.75 Å². The van der Waals surface area contributed by atoms with Crippen molar-refractivity contribution in [2.24, 2.45) is 0 Å². The smallest absolute Gasteiger partial charge is 0.310 e. The van der Waals surface area contributed by atoms with E-state index < -0.39 is 18.5 Å². The summed E-state index contributed by atoms with van der Waals surface area (Å²) in [6.45, 7) is 1.25. The summed E-state index contributed by atoms with van der Waals surface area (Å²) in [6, 6.07) is 20.2. The second kappa shape index (κ2) is 11.0. The van der Waals surface area contributed by atoms with Crippen LogP contribution >= 0.6 is 11.6 Å². The van der Waals surface area contributed by atoms with E-state index in [2.05, 4.69) is 5.32 Å². The van der Waals surface area contributed by atoms with Gasteiger partial charge >= 0.3 is 5.97 Å². The Balaban J connectivity index is 1.55. The molecule has 0 unspecified atom stereocenters. The number of carbonyl (C=O) groups excluding carboxylic acids is 3. The summed E-state index contributed by atoms with van der Waals surface area (Å²) in [6.07, 6.45) is -0.159. The van der Waals surface area contributed by atoms with E-state index in [1.54, 1.807) is 67.6 Å². The largest absolute Gasteiger partial charge is 0.497 e. The summed E-state index contributed by atoms with van der Waals surface area (Å²) in [5, 5.41) is 12.8. The highest BCUT2D eigenvalue weighted by Gasteiger charge is 2.23. The van der Waals surface area contributed by atoms with Crippen LogP contribution < -0.4 is 10.1 Å². The van der Waals surface area contributed by atoms with Gasteiger partial charge in [0.2, 0.25) is 0 Å². The lowest BCUT2D eigenvalue weighted by Gasteiger charge is -2.09. The van der Waals surface area contributed by atoms with Gasteiger partial charge in [-0.1, -0.05) is 17.7 Å². The minimum atomic E-state index is -0.634. The molecule has 37 heavy (non-hydrogen) atoms. The lowest BCUT2D eigenvalue weighted by molar-refractivity contribution is -0.146. The SMILES string of the molecule is COc1ccc2c(c1)c(CC(=O)OCC(=O)Nc1cccc(C#N)c1)c(C)n2C(=O)c1ccc(Cl)cc1. The number of nitriles is 1. The van der Waals surface area contributed by atoms with E-state index in [9.17, 15) is 14.4 Å². The van der Waals surface area contributed by atoms with Crippen LogP contribution in [-0.2, 0) is 20.7 Å². The van der Waals surface area contributed by atoms with E-state index in [4.69, 9.17) is 26.3 Å². The Morgan fingerprint density at radius 2 is 1.81 bits per heavy atom. The van der Waals surface area contributed by atoms with Crippen molar-refractivity contribution in [2.75, 3.05) is 19.0 Å². The first kappa shape index (κ1) is 25.5. The zero-order chi connectivity index (χ0) is 26.5. The molecule has 0 aliphatic rings. The van der Waals surface area contributed by atoms with E-state index >= 15 is 0 Å². The number of carbonyl (C=O) groups is 3. The molecule has 3 aromatic carbocycles. The maximum Gasteiger partial charge on any atom is 0.310 e. The van der Waals surface area contributed by atoms with Crippen molar-refractivity contribution in [1.29, 1.82) is 5.26 Å². The Morgan fingerprint density at radius 3 is 2.51 bits per heavy atom. The Bertz CT molecular complexity index is 1550. The number of fused-ring (bicyclic) bond motifs is 1. The molecule has 4 rings (SSSR count). The highest BCUT2D eigenvalue weighted by molar-refractivity contribution is 6.30. The first-order valence-electron chi connectivity index (χ1n) is 11.2. The van der Waals surface area contributed by atoms with Crippen LogP contribution in [0.3, 0.4) is 0 Å². The Labute approximate surface area is 218 Å². The number of hydrogen-bond donors (Lipinski definition) is 1. The number of esters is 1. The van der Waals surface area contributed by atoms with Crippen LogP contribution in [0.2, 0.25) is 5.02 Å². The summed E-state index contributed by atoms with van der Waals surface area (Å²) in [7, 11) is 1.53. The number of rotatable bonds is 7. The summed E-state index contributed by atoms with van der Waals surface area (Å²) in [5.74, 6) is -0.882. The third-order valence-electron chi connectivity index (χ3n) is 5.80. The molecular weight excluding hydrogens is 494 g/mol. The van der Waals surface area contributed by atoms with Gasteiger partial charge in [-0.3, -0.25) is 19.0 Å².